The van der Waals surface area contributed by atoms with Gasteiger partial charge in [0, 0.05) is 16.3 Å². The van der Waals surface area contributed by atoms with Crippen molar-refractivity contribution in [3.05, 3.63) is 30.3 Å². The Kier molecular flexibility index (Phi) is 4.02. The maximum Gasteiger partial charge on any atom is 0.163 e. The summed E-state index contributed by atoms with van der Waals surface area (Å²) in [4.78, 5) is 1.33. The van der Waals surface area contributed by atoms with Crippen molar-refractivity contribution in [1.82, 2.24) is 0 Å². The highest BCUT2D eigenvalue weighted by Crippen LogP contribution is 2.37. The van der Waals surface area contributed by atoms with Gasteiger partial charge in [0.25, 0.3) is 0 Å². The van der Waals surface area contributed by atoms with Crippen molar-refractivity contribution in [1.29, 1.82) is 0 Å². The molecule has 0 aliphatic rings. The number of hydrogen-bond acceptors (Lipinski definition) is 2. The first kappa shape index (κ1) is 13.1. The molecule has 0 aliphatic carbocycles. The van der Waals surface area contributed by atoms with Crippen molar-refractivity contribution >= 4 is 21.7 Å². The standard InChI is InChI=1S/C15H18O2S/c1-4-18(5-2)14-10-9-13(17-3)15-11(14)7-6-8-12(15)16/h6-10H,4-5H2,1-3H3/p+1. The van der Waals surface area contributed by atoms with Gasteiger partial charge in [-0.15, -0.1) is 0 Å². The van der Waals surface area contributed by atoms with Crippen LogP contribution in [0.4, 0.5) is 0 Å². The van der Waals surface area contributed by atoms with E-state index in [1.807, 2.05) is 12.1 Å². The minimum Gasteiger partial charge on any atom is -0.507 e. The lowest BCUT2D eigenvalue weighted by atomic mass is 10.1. The molecular formula is C15H19O2S+. The average molecular weight is 263 g/mol. The van der Waals surface area contributed by atoms with Crippen molar-refractivity contribution in [2.45, 2.75) is 18.7 Å². The molecule has 3 heteroatoms. The normalized spacial score (nSPS) is 11.1. The molecule has 2 aromatic carbocycles. The van der Waals surface area contributed by atoms with E-state index in [0.29, 0.717) is 5.75 Å². The predicted octanol–water partition coefficient (Wildman–Crippen LogP) is 3.57. The molecule has 18 heavy (non-hydrogen) atoms. The Morgan fingerprint density at radius 1 is 1.11 bits per heavy atom. The number of phenolic OH excluding ortho intramolecular Hbond substituents is 1. The molecule has 0 bridgehead atoms. The van der Waals surface area contributed by atoms with E-state index in [1.54, 1.807) is 13.2 Å². The van der Waals surface area contributed by atoms with E-state index in [2.05, 4.69) is 26.0 Å². The average Bonchev–Trinajstić information content (AvgIpc) is 2.40. The lowest BCUT2D eigenvalue weighted by molar-refractivity contribution is 0.416. The van der Waals surface area contributed by atoms with Crippen LogP contribution in [0.3, 0.4) is 0 Å². The van der Waals surface area contributed by atoms with E-state index in [-0.39, 0.29) is 10.9 Å². The van der Waals surface area contributed by atoms with E-state index in [1.165, 1.54) is 4.90 Å². The van der Waals surface area contributed by atoms with Gasteiger partial charge in [-0.1, -0.05) is 6.07 Å². The van der Waals surface area contributed by atoms with Crippen LogP contribution >= 0.6 is 0 Å². The maximum absolute atomic E-state index is 10.1. The number of aromatic hydroxyl groups is 1. The van der Waals surface area contributed by atoms with Gasteiger partial charge in [-0.2, -0.15) is 0 Å². The molecule has 0 atom stereocenters. The summed E-state index contributed by atoms with van der Waals surface area (Å²) in [6.07, 6.45) is 0. The van der Waals surface area contributed by atoms with Crippen molar-refractivity contribution in [3.8, 4) is 11.5 Å². The number of fused-ring (bicyclic) bond motifs is 1. The molecule has 0 unspecified atom stereocenters. The van der Waals surface area contributed by atoms with Crippen molar-refractivity contribution in [2.75, 3.05) is 18.6 Å². The Balaban J connectivity index is 2.74. The van der Waals surface area contributed by atoms with E-state index >= 15 is 0 Å². The predicted molar refractivity (Wildman–Crippen MR) is 78.9 cm³/mol. The van der Waals surface area contributed by atoms with Gasteiger partial charge in [0.05, 0.1) is 12.5 Å². The molecule has 0 heterocycles. The topological polar surface area (TPSA) is 29.5 Å². The van der Waals surface area contributed by atoms with E-state index in [4.69, 9.17) is 4.74 Å². The van der Waals surface area contributed by atoms with Crippen LogP contribution in [0.25, 0.3) is 10.8 Å². The number of hydrogen-bond donors (Lipinski definition) is 1. The molecule has 0 saturated carbocycles. The maximum atomic E-state index is 10.1. The molecule has 0 spiro atoms. The SMILES string of the molecule is CC[S+](CC)c1ccc(OC)c2c(O)cccc12. The van der Waals surface area contributed by atoms with Crippen LogP contribution in [0.5, 0.6) is 11.5 Å². The fourth-order valence-corrected chi connectivity index (χ4v) is 4.04. The highest BCUT2D eigenvalue weighted by molar-refractivity contribution is 7.97. The summed E-state index contributed by atoms with van der Waals surface area (Å²) in [5.41, 5.74) is 0. The number of benzene rings is 2. The smallest absolute Gasteiger partial charge is 0.163 e. The molecule has 2 nitrogen and oxygen atoms in total. The summed E-state index contributed by atoms with van der Waals surface area (Å²) in [6, 6.07) is 9.77. The van der Waals surface area contributed by atoms with Crippen molar-refractivity contribution in [3.63, 3.8) is 0 Å². The van der Waals surface area contributed by atoms with Gasteiger partial charge in [0.2, 0.25) is 0 Å². The van der Waals surface area contributed by atoms with Crippen molar-refractivity contribution < 1.29 is 9.84 Å². The Morgan fingerprint density at radius 2 is 1.83 bits per heavy atom. The molecule has 0 fully saturated rings. The van der Waals surface area contributed by atoms with Crippen LogP contribution in [-0.2, 0) is 10.9 Å². The van der Waals surface area contributed by atoms with Gasteiger partial charge in [-0.3, -0.25) is 0 Å². The minimum absolute atomic E-state index is 0.238. The van der Waals surface area contributed by atoms with Gasteiger partial charge < -0.3 is 9.84 Å². The Morgan fingerprint density at radius 3 is 2.44 bits per heavy atom. The van der Waals surface area contributed by atoms with Crippen LogP contribution in [0.2, 0.25) is 0 Å². The van der Waals surface area contributed by atoms with Gasteiger partial charge in [0.1, 0.15) is 23.0 Å². The summed E-state index contributed by atoms with van der Waals surface area (Å²) in [5.74, 6) is 3.30. The highest BCUT2D eigenvalue weighted by Gasteiger charge is 2.22. The second kappa shape index (κ2) is 5.53. The third-order valence-corrected chi connectivity index (χ3v) is 5.54. The zero-order valence-corrected chi connectivity index (χ0v) is 11.9. The van der Waals surface area contributed by atoms with Gasteiger partial charge >= 0.3 is 0 Å². The monoisotopic (exact) mass is 263 g/mol. The molecule has 0 aliphatic heterocycles. The summed E-state index contributed by atoms with van der Waals surface area (Å²) in [5, 5.41) is 12.0. The summed E-state index contributed by atoms with van der Waals surface area (Å²) >= 11 is 0. The third-order valence-electron chi connectivity index (χ3n) is 3.17. The third kappa shape index (κ3) is 2.15. The quantitative estimate of drug-likeness (QED) is 0.854. The van der Waals surface area contributed by atoms with Crippen molar-refractivity contribution in [2.24, 2.45) is 0 Å². The number of methoxy groups -OCH3 is 1. The Labute approximate surface area is 111 Å². The fraction of sp³-hybridized carbons (Fsp3) is 0.333. The van der Waals surface area contributed by atoms with Gasteiger partial charge in [-0.05, 0) is 38.1 Å². The Hall–Kier alpha value is -1.35. The van der Waals surface area contributed by atoms with E-state index in [0.717, 1.165) is 28.0 Å². The number of rotatable bonds is 4. The first-order valence-electron chi connectivity index (χ1n) is 6.19. The summed E-state index contributed by atoms with van der Waals surface area (Å²) in [6.45, 7) is 4.43. The molecule has 2 rings (SSSR count). The second-order valence-electron chi connectivity index (χ2n) is 4.04. The minimum atomic E-state index is 0.238. The largest absolute Gasteiger partial charge is 0.507 e. The molecule has 0 saturated heterocycles. The summed E-state index contributed by atoms with van der Waals surface area (Å²) < 4.78 is 5.35. The van der Waals surface area contributed by atoms with Gasteiger partial charge in [0.15, 0.2) is 4.90 Å². The molecular weight excluding hydrogens is 244 g/mol. The van der Waals surface area contributed by atoms with Crippen LogP contribution in [0.15, 0.2) is 35.2 Å². The fourth-order valence-electron chi connectivity index (χ4n) is 2.27. The van der Waals surface area contributed by atoms with Crippen LogP contribution < -0.4 is 4.74 Å². The summed E-state index contributed by atoms with van der Waals surface area (Å²) in [7, 11) is 1.88. The Bertz CT molecular complexity index is 547. The second-order valence-corrected chi connectivity index (χ2v) is 6.62. The van der Waals surface area contributed by atoms with Crippen LogP contribution in [0, 0.1) is 0 Å². The van der Waals surface area contributed by atoms with Crippen LogP contribution in [-0.4, -0.2) is 23.7 Å². The lowest BCUT2D eigenvalue weighted by Crippen LogP contribution is -2.09. The number of phenols is 1. The van der Waals surface area contributed by atoms with Gasteiger partial charge in [-0.25, -0.2) is 0 Å². The molecule has 96 valence electrons. The molecule has 0 aromatic heterocycles. The molecule has 0 amide bonds. The highest BCUT2D eigenvalue weighted by atomic mass is 32.2. The zero-order chi connectivity index (χ0) is 13.1. The molecule has 0 radical (unpaired) electrons. The zero-order valence-electron chi connectivity index (χ0n) is 11.1. The lowest BCUT2D eigenvalue weighted by Gasteiger charge is -2.11. The van der Waals surface area contributed by atoms with E-state index < -0.39 is 0 Å². The van der Waals surface area contributed by atoms with E-state index in [9.17, 15) is 5.11 Å². The number of ether oxygens (including phenoxy) is 1. The first-order chi connectivity index (χ1) is 8.72. The molecule has 2 aromatic rings. The molecule has 1 N–H and O–H groups in total. The van der Waals surface area contributed by atoms with Crippen LogP contribution in [0.1, 0.15) is 13.8 Å². The first-order valence-corrected chi connectivity index (χ1v) is 7.75.